The van der Waals surface area contributed by atoms with E-state index in [4.69, 9.17) is 0 Å². The van der Waals surface area contributed by atoms with Crippen LogP contribution in [0, 0.1) is 4.91 Å². The molecule has 4 rings (SSSR count). The Bertz CT molecular complexity index is 986. The largest absolute Gasteiger partial charge is 0.320 e. The molecule has 4 aromatic carbocycles. The van der Waals surface area contributed by atoms with Gasteiger partial charge in [-0.3, -0.25) is 0 Å². The number of nitrogens with zero attached hydrogens (tertiary/aromatic N) is 1. The Kier molecular flexibility index (Phi) is 5.01. The molecule has 0 radical (unpaired) electrons. The first-order valence-corrected chi connectivity index (χ1v) is 10.8. The van der Waals surface area contributed by atoms with E-state index in [1.807, 2.05) is 66.7 Å². The molecule has 0 atom stereocenters. The SMILES string of the molecule is O=[N+](O)c1cccc([P+](c2ccccc2)(c2ccccc2)c2ccccc2)c1. The second kappa shape index (κ2) is 7.75. The lowest BCUT2D eigenvalue weighted by Gasteiger charge is -2.27. The zero-order valence-corrected chi connectivity index (χ0v) is 16.1. The summed E-state index contributed by atoms with van der Waals surface area (Å²) in [5.41, 5.74) is 0.227. The van der Waals surface area contributed by atoms with Crippen molar-refractivity contribution in [3.05, 3.63) is 120 Å². The average Bonchev–Trinajstić information content (AvgIpc) is 2.77. The molecule has 0 saturated carbocycles. The maximum atomic E-state index is 11.6. The van der Waals surface area contributed by atoms with Crippen molar-refractivity contribution in [2.24, 2.45) is 0 Å². The van der Waals surface area contributed by atoms with Gasteiger partial charge in [0.05, 0.1) is 11.0 Å². The van der Waals surface area contributed by atoms with E-state index in [0.29, 0.717) is 0 Å². The van der Waals surface area contributed by atoms with E-state index >= 15 is 0 Å². The van der Waals surface area contributed by atoms with Gasteiger partial charge >= 0.3 is 5.69 Å². The summed E-state index contributed by atoms with van der Waals surface area (Å²) < 4.78 is 0. The fourth-order valence-corrected chi connectivity index (χ4v) is 7.95. The molecule has 1 N–H and O–H groups in total. The van der Waals surface area contributed by atoms with E-state index in [9.17, 15) is 10.1 Å². The van der Waals surface area contributed by atoms with Crippen LogP contribution in [0.3, 0.4) is 0 Å². The Morgan fingerprint density at radius 1 is 0.536 bits per heavy atom. The molecule has 0 aliphatic rings. The molecule has 0 fully saturated rings. The normalized spacial score (nSPS) is 11.1. The maximum absolute atomic E-state index is 11.6. The van der Waals surface area contributed by atoms with E-state index in [1.54, 1.807) is 12.1 Å². The molecule has 0 aliphatic heterocycles. The Hall–Kier alpha value is -3.29. The van der Waals surface area contributed by atoms with E-state index in [1.165, 1.54) is 15.9 Å². The van der Waals surface area contributed by atoms with Crippen molar-refractivity contribution in [2.75, 3.05) is 0 Å². The lowest BCUT2D eigenvalue weighted by atomic mass is 10.3. The molecular weight excluding hydrogens is 365 g/mol. The Morgan fingerprint density at radius 3 is 1.32 bits per heavy atom. The highest BCUT2D eigenvalue weighted by atomic mass is 31.2. The minimum Gasteiger partial charge on any atom is -0.241 e. The highest BCUT2D eigenvalue weighted by Gasteiger charge is 2.48. The Balaban J connectivity index is 2.13. The van der Waals surface area contributed by atoms with Crippen LogP contribution < -0.4 is 21.2 Å². The van der Waals surface area contributed by atoms with Crippen LogP contribution >= 0.6 is 7.26 Å². The van der Waals surface area contributed by atoms with Gasteiger partial charge in [0.2, 0.25) is 0 Å². The zero-order valence-electron chi connectivity index (χ0n) is 15.2. The third kappa shape index (κ3) is 3.11. The summed E-state index contributed by atoms with van der Waals surface area (Å²) in [7, 11) is -2.25. The van der Waals surface area contributed by atoms with Crippen molar-refractivity contribution >= 4 is 34.2 Å². The smallest absolute Gasteiger partial charge is 0.241 e. The van der Waals surface area contributed by atoms with Gasteiger partial charge in [-0.05, 0) is 42.5 Å². The number of hydrogen-bond donors (Lipinski definition) is 1. The number of hydrogen-bond acceptors (Lipinski definition) is 1. The lowest BCUT2D eigenvalue weighted by molar-refractivity contribution is -0.729. The molecule has 0 amide bonds. The minimum atomic E-state index is -2.25. The zero-order chi connectivity index (χ0) is 19.4. The summed E-state index contributed by atoms with van der Waals surface area (Å²) in [6.07, 6.45) is 0. The fraction of sp³-hybridized carbons (Fsp3) is 0. The molecule has 0 bridgehead atoms. The van der Waals surface area contributed by atoms with Crippen LogP contribution in [0.4, 0.5) is 5.69 Å². The first-order valence-electron chi connectivity index (χ1n) is 9.05. The third-order valence-electron chi connectivity index (χ3n) is 4.87. The van der Waals surface area contributed by atoms with Crippen LogP contribution in [0.5, 0.6) is 0 Å². The first-order chi connectivity index (χ1) is 13.7. The van der Waals surface area contributed by atoms with Crippen LogP contribution in [-0.2, 0) is 0 Å². The van der Waals surface area contributed by atoms with Crippen molar-refractivity contribution in [3.63, 3.8) is 0 Å². The van der Waals surface area contributed by atoms with Gasteiger partial charge in [-0.25, -0.2) is 5.21 Å². The summed E-state index contributed by atoms with van der Waals surface area (Å²) in [6.45, 7) is 0. The van der Waals surface area contributed by atoms with E-state index in [-0.39, 0.29) is 10.6 Å². The second-order valence-electron chi connectivity index (χ2n) is 6.47. The molecule has 0 saturated heterocycles. The maximum Gasteiger partial charge on any atom is 0.320 e. The molecule has 28 heavy (non-hydrogen) atoms. The molecule has 0 unspecified atom stereocenters. The van der Waals surface area contributed by atoms with Gasteiger partial charge < -0.3 is 0 Å². The van der Waals surface area contributed by atoms with Crippen molar-refractivity contribution < 1.29 is 10.1 Å². The molecule has 4 heteroatoms. The minimum absolute atomic E-state index is 0.0703. The van der Waals surface area contributed by atoms with Gasteiger partial charge in [0.1, 0.15) is 28.5 Å². The van der Waals surface area contributed by atoms with Crippen molar-refractivity contribution in [2.45, 2.75) is 0 Å². The molecule has 0 heterocycles. The Labute approximate surface area is 164 Å². The van der Waals surface area contributed by atoms with Gasteiger partial charge in [-0.15, -0.1) is 0 Å². The molecule has 4 aromatic rings. The fourth-order valence-electron chi connectivity index (χ4n) is 3.67. The summed E-state index contributed by atoms with van der Waals surface area (Å²) in [4.78, 5) is 11.5. The van der Waals surface area contributed by atoms with E-state index in [0.717, 1.165) is 5.30 Å². The molecule has 0 aromatic heterocycles. The summed E-state index contributed by atoms with van der Waals surface area (Å²) in [5, 5.41) is 14.1. The topological polar surface area (TPSA) is 40.3 Å². The lowest BCUT2D eigenvalue weighted by Crippen LogP contribution is -2.38. The predicted molar refractivity (Wildman–Crippen MR) is 116 cm³/mol. The van der Waals surface area contributed by atoms with Crippen molar-refractivity contribution in [3.8, 4) is 0 Å². The van der Waals surface area contributed by atoms with Crippen LogP contribution in [-0.4, -0.2) is 10.1 Å². The van der Waals surface area contributed by atoms with Gasteiger partial charge in [0.15, 0.2) is 0 Å². The summed E-state index contributed by atoms with van der Waals surface area (Å²) in [5.74, 6) is 0. The molecule has 136 valence electrons. The summed E-state index contributed by atoms with van der Waals surface area (Å²) in [6, 6.07) is 38.5. The quantitative estimate of drug-likeness (QED) is 0.415. The van der Waals surface area contributed by atoms with Gasteiger partial charge in [-0.2, -0.15) is 0 Å². The van der Waals surface area contributed by atoms with Crippen LogP contribution in [0.25, 0.3) is 0 Å². The molecule has 0 aliphatic carbocycles. The van der Waals surface area contributed by atoms with Crippen molar-refractivity contribution in [1.82, 2.24) is 0 Å². The molecule has 3 nitrogen and oxygen atoms in total. The number of benzene rings is 4. The Morgan fingerprint density at radius 2 is 0.929 bits per heavy atom. The monoisotopic (exact) mass is 385 g/mol. The third-order valence-corrected chi connectivity index (χ3v) is 9.14. The molecule has 0 spiro atoms. The molecular formula is C24H20NO2P+2. The second-order valence-corrected chi connectivity index (χ2v) is 9.88. The van der Waals surface area contributed by atoms with Crippen LogP contribution in [0.15, 0.2) is 115 Å². The van der Waals surface area contributed by atoms with Gasteiger partial charge in [0.25, 0.3) is 4.92 Å². The van der Waals surface area contributed by atoms with Crippen LogP contribution in [0.1, 0.15) is 0 Å². The standard InChI is InChI=1S/C24H20NO2P/c26-25(27)20-11-10-18-24(19-20)28(21-12-4-1-5-13-21,22-14-6-2-7-15-22)23-16-8-3-9-17-23/h1-19H,(H,26,27)/q+2. The van der Waals surface area contributed by atoms with Crippen LogP contribution in [0.2, 0.25) is 0 Å². The number of rotatable bonds is 5. The highest BCUT2D eigenvalue weighted by molar-refractivity contribution is 8.01. The highest BCUT2D eigenvalue weighted by Crippen LogP contribution is 2.54. The van der Waals surface area contributed by atoms with Gasteiger partial charge in [0, 0.05) is 6.07 Å². The predicted octanol–water partition coefficient (Wildman–Crippen LogP) is 4.11. The summed E-state index contributed by atoms with van der Waals surface area (Å²) >= 11 is 0. The van der Waals surface area contributed by atoms with Gasteiger partial charge in [-0.1, -0.05) is 60.7 Å². The van der Waals surface area contributed by atoms with Crippen molar-refractivity contribution in [1.29, 1.82) is 0 Å². The van der Waals surface area contributed by atoms with E-state index < -0.39 is 7.26 Å². The average molecular weight is 385 g/mol. The van der Waals surface area contributed by atoms with E-state index in [2.05, 4.69) is 36.4 Å². The first kappa shape index (κ1) is 18.1.